The maximum atomic E-state index is 12.9. The lowest BCUT2D eigenvalue weighted by Crippen LogP contribution is -2.32. The predicted molar refractivity (Wildman–Crippen MR) is 97.9 cm³/mol. The molecule has 0 aromatic heterocycles. The van der Waals surface area contributed by atoms with E-state index >= 15 is 0 Å². The normalized spacial score (nSPS) is 12.4. The number of amides is 1. The third-order valence-electron chi connectivity index (χ3n) is 4.21. The zero-order valence-corrected chi connectivity index (χ0v) is 15.1. The van der Waals surface area contributed by atoms with Crippen LogP contribution < -0.4 is 5.32 Å². The third-order valence-corrected chi connectivity index (χ3v) is 4.21. The summed E-state index contributed by atoms with van der Waals surface area (Å²) in [5.74, 6) is -1.68. The van der Waals surface area contributed by atoms with E-state index in [2.05, 4.69) is 5.32 Å². The van der Waals surface area contributed by atoms with Gasteiger partial charge in [-0.25, -0.2) is 4.79 Å². The van der Waals surface area contributed by atoms with Crippen LogP contribution in [0.2, 0.25) is 0 Å². The highest BCUT2D eigenvalue weighted by molar-refractivity contribution is 6.30. The molecule has 3 rings (SSSR count). The van der Waals surface area contributed by atoms with Crippen molar-refractivity contribution < 1.29 is 23.9 Å². The molecule has 1 aliphatic rings. The number of fused-ring (bicyclic) bond motifs is 2. The van der Waals surface area contributed by atoms with Crippen molar-refractivity contribution in [2.75, 3.05) is 13.2 Å². The van der Waals surface area contributed by atoms with Crippen molar-refractivity contribution in [3.8, 4) is 0 Å². The number of ketones is 2. The molecule has 138 valence electrons. The average Bonchev–Trinajstić information content (AvgIpc) is 2.68. The van der Waals surface area contributed by atoms with Crippen molar-refractivity contribution in [2.24, 2.45) is 5.92 Å². The van der Waals surface area contributed by atoms with Crippen LogP contribution in [0.5, 0.6) is 0 Å². The van der Waals surface area contributed by atoms with Gasteiger partial charge in [-0.3, -0.25) is 14.4 Å². The van der Waals surface area contributed by atoms with Gasteiger partial charge in [0.05, 0.1) is 5.56 Å². The molecule has 0 atom stereocenters. The van der Waals surface area contributed by atoms with Gasteiger partial charge in [0.15, 0.2) is 18.2 Å². The van der Waals surface area contributed by atoms with E-state index in [0.29, 0.717) is 12.1 Å². The van der Waals surface area contributed by atoms with Crippen LogP contribution in [-0.2, 0) is 9.53 Å². The maximum absolute atomic E-state index is 12.9. The summed E-state index contributed by atoms with van der Waals surface area (Å²) in [6, 6.07) is 10.9. The molecule has 0 saturated heterocycles. The quantitative estimate of drug-likeness (QED) is 0.701. The van der Waals surface area contributed by atoms with Crippen molar-refractivity contribution in [1.29, 1.82) is 0 Å². The fourth-order valence-electron chi connectivity index (χ4n) is 2.89. The standard InChI is InChI=1S/C21H19NO5/c1-12(2)10-22-17(23)11-27-21(26)16-9-5-8-15-18(16)20(25)14-7-4-3-6-13(14)19(15)24/h3-9,12H,10-11H2,1-2H3,(H,22,23). The lowest BCUT2D eigenvalue weighted by molar-refractivity contribution is -0.124. The van der Waals surface area contributed by atoms with E-state index in [9.17, 15) is 19.2 Å². The van der Waals surface area contributed by atoms with Gasteiger partial charge in [-0.2, -0.15) is 0 Å². The summed E-state index contributed by atoms with van der Waals surface area (Å²) >= 11 is 0. The Kier molecular flexibility index (Phi) is 5.16. The monoisotopic (exact) mass is 365 g/mol. The summed E-state index contributed by atoms with van der Waals surface area (Å²) in [6.45, 7) is 3.92. The molecule has 1 amide bonds. The Bertz CT molecular complexity index is 945. The van der Waals surface area contributed by atoms with E-state index in [1.807, 2.05) is 13.8 Å². The number of rotatable bonds is 5. The fraction of sp³-hybridized carbons (Fsp3) is 0.238. The van der Waals surface area contributed by atoms with Gasteiger partial charge in [0.1, 0.15) is 0 Å². The van der Waals surface area contributed by atoms with E-state index in [1.165, 1.54) is 18.2 Å². The Balaban J connectivity index is 1.84. The minimum Gasteiger partial charge on any atom is -0.452 e. The second-order valence-electron chi connectivity index (χ2n) is 6.71. The highest BCUT2D eigenvalue weighted by atomic mass is 16.5. The highest BCUT2D eigenvalue weighted by Gasteiger charge is 2.33. The lowest BCUT2D eigenvalue weighted by atomic mass is 9.82. The van der Waals surface area contributed by atoms with E-state index in [0.717, 1.165) is 0 Å². The van der Waals surface area contributed by atoms with Crippen LogP contribution in [-0.4, -0.2) is 36.6 Å². The Morgan fingerprint density at radius 3 is 2.22 bits per heavy atom. The summed E-state index contributed by atoms with van der Waals surface area (Å²) in [4.78, 5) is 49.7. The summed E-state index contributed by atoms with van der Waals surface area (Å²) < 4.78 is 5.05. The first-order valence-electron chi connectivity index (χ1n) is 8.65. The molecule has 2 aromatic rings. The van der Waals surface area contributed by atoms with Crippen LogP contribution in [0, 0.1) is 5.92 Å². The van der Waals surface area contributed by atoms with Gasteiger partial charge in [0.2, 0.25) is 0 Å². The smallest absolute Gasteiger partial charge is 0.339 e. The summed E-state index contributed by atoms with van der Waals surface area (Å²) in [5.41, 5.74) is 0.738. The van der Waals surface area contributed by atoms with Gasteiger partial charge in [-0.05, 0) is 12.0 Å². The number of hydrogen-bond donors (Lipinski definition) is 1. The van der Waals surface area contributed by atoms with Gasteiger partial charge in [0, 0.05) is 28.8 Å². The van der Waals surface area contributed by atoms with Gasteiger partial charge in [-0.15, -0.1) is 0 Å². The van der Waals surface area contributed by atoms with E-state index in [1.54, 1.807) is 24.3 Å². The fourth-order valence-corrected chi connectivity index (χ4v) is 2.89. The van der Waals surface area contributed by atoms with Crippen LogP contribution in [0.1, 0.15) is 56.0 Å². The zero-order chi connectivity index (χ0) is 19.6. The van der Waals surface area contributed by atoms with E-state index < -0.39 is 24.3 Å². The Hall–Kier alpha value is -3.28. The van der Waals surface area contributed by atoms with Crippen LogP contribution in [0.4, 0.5) is 0 Å². The molecular weight excluding hydrogens is 346 g/mol. The number of hydrogen-bond acceptors (Lipinski definition) is 5. The average molecular weight is 365 g/mol. The van der Waals surface area contributed by atoms with Crippen molar-refractivity contribution in [3.63, 3.8) is 0 Å². The highest BCUT2D eigenvalue weighted by Crippen LogP contribution is 2.29. The second-order valence-corrected chi connectivity index (χ2v) is 6.71. The molecule has 0 bridgehead atoms. The molecule has 1 aliphatic carbocycles. The van der Waals surface area contributed by atoms with Crippen LogP contribution in [0.15, 0.2) is 42.5 Å². The number of carbonyl (C=O) groups is 4. The first-order valence-corrected chi connectivity index (χ1v) is 8.65. The number of nitrogens with one attached hydrogen (secondary N) is 1. The number of carbonyl (C=O) groups excluding carboxylic acids is 4. The van der Waals surface area contributed by atoms with Crippen LogP contribution in [0.25, 0.3) is 0 Å². The van der Waals surface area contributed by atoms with Crippen molar-refractivity contribution >= 4 is 23.4 Å². The Morgan fingerprint density at radius 1 is 0.926 bits per heavy atom. The van der Waals surface area contributed by atoms with Crippen LogP contribution >= 0.6 is 0 Å². The molecule has 0 spiro atoms. The van der Waals surface area contributed by atoms with Gasteiger partial charge in [0.25, 0.3) is 5.91 Å². The predicted octanol–water partition coefficient (Wildman–Crippen LogP) is 2.39. The molecule has 0 fully saturated rings. The van der Waals surface area contributed by atoms with E-state index in [-0.39, 0.29) is 34.0 Å². The van der Waals surface area contributed by atoms with Crippen molar-refractivity contribution in [2.45, 2.75) is 13.8 Å². The molecule has 0 radical (unpaired) electrons. The van der Waals surface area contributed by atoms with Gasteiger partial charge in [-0.1, -0.05) is 50.2 Å². The first-order chi connectivity index (χ1) is 12.9. The van der Waals surface area contributed by atoms with Gasteiger partial charge < -0.3 is 10.1 Å². The van der Waals surface area contributed by atoms with Gasteiger partial charge >= 0.3 is 5.97 Å². The molecule has 2 aromatic carbocycles. The number of benzene rings is 2. The SMILES string of the molecule is CC(C)CNC(=O)COC(=O)c1cccc2c1C(=O)c1ccccc1C2=O. The first kappa shape index (κ1) is 18.5. The molecule has 0 heterocycles. The molecule has 1 N–H and O–H groups in total. The largest absolute Gasteiger partial charge is 0.452 e. The number of esters is 1. The zero-order valence-electron chi connectivity index (χ0n) is 15.1. The molecule has 27 heavy (non-hydrogen) atoms. The third kappa shape index (κ3) is 3.65. The molecule has 6 nitrogen and oxygen atoms in total. The topological polar surface area (TPSA) is 89.5 Å². The molecule has 6 heteroatoms. The maximum Gasteiger partial charge on any atom is 0.339 e. The minimum absolute atomic E-state index is 0.0167. The van der Waals surface area contributed by atoms with Crippen molar-refractivity contribution in [1.82, 2.24) is 5.32 Å². The summed E-state index contributed by atoms with van der Waals surface area (Å²) in [5, 5.41) is 2.64. The Morgan fingerprint density at radius 2 is 1.56 bits per heavy atom. The summed E-state index contributed by atoms with van der Waals surface area (Å²) in [6.07, 6.45) is 0. The van der Waals surface area contributed by atoms with Crippen molar-refractivity contribution in [3.05, 3.63) is 70.3 Å². The Labute approximate surface area is 156 Å². The summed E-state index contributed by atoms with van der Waals surface area (Å²) in [7, 11) is 0. The lowest BCUT2D eigenvalue weighted by Gasteiger charge is -2.19. The number of ether oxygens (including phenoxy) is 1. The van der Waals surface area contributed by atoms with E-state index in [4.69, 9.17) is 4.74 Å². The minimum atomic E-state index is -0.813. The second kappa shape index (κ2) is 7.53. The molecule has 0 aliphatic heterocycles. The molecular formula is C21H19NO5. The molecule has 0 saturated carbocycles. The molecule has 0 unspecified atom stereocenters. The van der Waals surface area contributed by atoms with Crippen LogP contribution in [0.3, 0.4) is 0 Å².